The molecule has 2 aromatic carbocycles. The molecule has 1 N–H and O–H groups in total. The maximum absolute atomic E-state index is 5.70. The molecular formula is C16H16N2O. The van der Waals surface area contributed by atoms with Gasteiger partial charge >= 0.3 is 0 Å². The molecule has 0 bridgehead atoms. The number of hydrogen-bond donors (Lipinski definition) is 1. The normalized spacial score (nSPS) is 11.7. The first-order valence-corrected chi connectivity index (χ1v) is 6.34. The predicted molar refractivity (Wildman–Crippen MR) is 77.1 cm³/mol. The number of nitrogens with zero attached hydrogens (tertiary/aromatic N) is 1. The molecule has 1 heterocycles. The van der Waals surface area contributed by atoms with Crippen molar-refractivity contribution in [3.05, 3.63) is 60.2 Å². The second-order valence-electron chi connectivity index (χ2n) is 5.10. The number of aromatic nitrogens is 1. The van der Waals surface area contributed by atoms with Crippen LogP contribution in [0.2, 0.25) is 0 Å². The minimum absolute atomic E-state index is 0.234. The van der Waals surface area contributed by atoms with E-state index in [0.29, 0.717) is 6.01 Å². The van der Waals surface area contributed by atoms with Crippen molar-refractivity contribution < 1.29 is 4.42 Å². The zero-order valence-corrected chi connectivity index (χ0v) is 11.1. The molecule has 1 aromatic heterocycles. The van der Waals surface area contributed by atoms with E-state index in [1.54, 1.807) is 0 Å². The lowest BCUT2D eigenvalue weighted by Crippen LogP contribution is -2.27. The minimum atomic E-state index is -0.234. The minimum Gasteiger partial charge on any atom is -0.424 e. The van der Waals surface area contributed by atoms with Crippen LogP contribution < -0.4 is 5.32 Å². The molecule has 0 aliphatic carbocycles. The summed E-state index contributed by atoms with van der Waals surface area (Å²) in [7, 11) is 0. The molecule has 0 saturated carbocycles. The highest BCUT2D eigenvalue weighted by Gasteiger charge is 2.22. The maximum Gasteiger partial charge on any atom is 0.296 e. The van der Waals surface area contributed by atoms with Gasteiger partial charge in [-0.2, -0.15) is 4.98 Å². The highest BCUT2D eigenvalue weighted by atomic mass is 16.4. The lowest BCUT2D eigenvalue weighted by Gasteiger charge is -2.25. The van der Waals surface area contributed by atoms with Gasteiger partial charge in [0.1, 0.15) is 5.52 Å². The number of para-hydroxylation sites is 2. The van der Waals surface area contributed by atoms with Crippen molar-refractivity contribution in [3.8, 4) is 0 Å². The zero-order chi connectivity index (χ0) is 13.3. The number of benzene rings is 2. The second kappa shape index (κ2) is 4.43. The van der Waals surface area contributed by atoms with E-state index in [1.807, 2.05) is 42.5 Å². The van der Waals surface area contributed by atoms with Gasteiger partial charge in [-0.05, 0) is 31.5 Å². The van der Waals surface area contributed by atoms with Gasteiger partial charge in [-0.15, -0.1) is 0 Å². The first kappa shape index (κ1) is 11.8. The molecule has 0 amide bonds. The van der Waals surface area contributed by atoms with Crippen LogP contribution in [0.25, 0.3) is 11.1 Å². The van der Waals surface area contributed by atoms with E-state index in [4.69, 9.17) is 4.42 Å². The number of nitrogens with one attached hydrogen (secondary N) is 1. The number of rotatable bonds is 3. The topological polar surface area (TPSA) is 38.1 Å². The Labute approximate surface area is 112 Å². The maximum atomic E-state index is 5.70. The summed E-state index contributed by atoms with van der Waals surface area (Å²) in [6, 6.07) is 18.6. The lowest BCUT2D eigenvalue weighted by molar-refractivity contribution is 0.542. The molecule has 0 aliphatic heterocycles. The lowest BCUT2D eigenvalue weighted by atomic mass is 9.95. The van der Waals surface area contributed by atoms with E-state index >= 15 is 0 Å². The smallest absolute Gasteiger partial charge is 0.296 e. The zero-order valence-electron chi connectivity index (χ0n) is 11.1. The SMILES string of the molecule is CC(C)(Nc1nc2ccccc2o1)c1ccccc1. The second-order valence-corrected chi connectivity index (χ2v) is 5.10. The van der Waals surface area contributed by atoms with Gasteiger partial charge in [-0.1, -0.05) is 42.5 Å². The van der Waals surface area contributed by atoms with E-state index in [9.17, 15) is 0 Å². The molecule has 19 heavy (non-hydrogen) atoms. The number of anilines is 1. The summed E-state index contributed by atoms with van der Waals surface area (Å²) in [4.78, 5) is 4.45. The Morgan fingerprint density at radius 1 is 0.947 bits per heavy atom. The van der Waals surface area contributed by atoms with Gasteiger partial charge in [0.05, 0.1) is 5.54 Å². The average Bonchev–Trinajstić information content (AvgIpc) is 2.81. The van der Waals surface area contributed by atoms with Crippen molar-refractivity contribution in [2.24, 2.45) is 0 Å². The molecule has 3 aromatic rings. The van der Waals surface area contributed by atoms with Crippen LogP contribution in [-0.2, 0) is 5.54 Å². The van der Waals surface area contributed by atoms with Gasteiger partial charge in [-0.25, -0.2) is 0 Å². The summed E-state index contributed by atoms with van der Waals surface area (Å²) in [5.74, 6) is 0. The molecule has 0 unspecified atom stereocenters. The van der Waals surface area contributed by atoms with Gasteiger partial charge in [0.2, 0.25) is 0 Å². The summed E-state index contributed by atoms with van der Waals surface area (Å²) >= 11 is 0. The Morgan fingerprint density at radius 2 is 1.63 bits per heavy atom. The van der Waals surface area contributed by atoms with Crippen molar-refractivity contribution >= 4 is 17.1 Å². The van der Waals surface area contributed by atoms with Crippen LogP contribution in [0.5, 0.6) is 0 Å². The molecule has 0 spiro atoms. The fourth-order valence-electron chi connectivity index (χ4n) is 2.12. The van der Waals surface area contributed by atoms with Crippen LogP contribution in [0.15, 0.2) is 59.0 Å². The fraction of sp³-hybridized carbons (Fsp3) is 0.188. The van der Waals surface area contributed by atoms with Crippen LogP contribution in [0, 0.1) is 0 Å². The summed E-state index contributed by atoms with van der Waals surface area (Å²) < 4.78 is 5.70. The van der Waals surface area contributed by atoms with E-state index in [1.165, 1.54) is 5.56 Å². The van der Waals surface area contributed by atoms with E-state index in [2.05, 4.69) is 36.3 Å². The molecule has 96 valence electrons. The fourth-order valence-corrected chi connectivity index (χ4v) is 2.12. The number of fused-ring (bicyclic) bond motifs is 1. The van der Waals surface area contributed by atoms with Crippen molar-refractivity contribution in [3.63, 3.8) is 0 Å². The van der Waals surface area contributed by atoms with Gasteiger partial charge in [0.25, 0.3) is 6.01 Å². The summed E-state index contributed by atoms with van der Waals surface area (Å²) in [5.41, 5.74) is 2.63. The van der Waals surface area contributed by atoms with Gasteiger partial charge in [0, 0.05) is 0 Å². The third-order valence-electron chi connectivity index (χ3n) is 3.21. The number of oxazole rings is 1. The van der Waals surface area contributed by atoms with Crippen LogP contribution in [0.3, 0.4) is 0 Å². The summed E-state index contributed by atoms with van der Waals surface area (Å²) in [6.07, 6.45) is 0. The molecule has 3 rings (SSSR count). The average molecular weight is 252 g/mol. The van der Waals surface area contributed by atoms with Gasteiger partial charge < -0.3 is 9.73 Å². The molecule has 0 radical (unpaired) electrons. The Morgan fingerprint density at radius 3 is 2.37 bits per heavy atom. The standard InChI is InChI=1S/C16H16N2O/c1-16(2,12-8-4-3-5-9-12)18-15-17-13-10-6-7-11-14(13)19-15/h3-11H,1-2H3,(H,17,18). The third-order valence-corrected chi connectivity index (χ3v) is 3.21. The monoisotopic (exact) mass is 252 g/mol. The van der Waals surface area contributed by atoms with Crippen molar-refractivity contribution in [1.82, 2.24) is 4.98 Å². The Hall–Kier alpha value is -2.29. The highest BCUT2D eigenvalue weighted by molar-refractivity contribution is 5.74. The Bertz CT molecular complexity index is 653. The molecule has 0 atom stereocenters. The van der Waals surface area contributed by atoms with Crippen LogP contribution >= 0.6 is 0 Å². The first-order valence-electron chi connectivity index (χ1n) is 6.34. The van der Waals surface area contributed by atoms with Gasteiger partial charge in [-0.3, -0.25) is 0 Å². The van der Waals surface area contributed by atoms with Crippen molar-refractivity contribution in [2.75, 3.05) is 5.32 Å². The molecule has 3 heteroatoms. The first-order chi connectivity index (χ1) is 9.15. The van der Waals surface area contributed by atoms with E-state index < -0.39 is 0 Å². The Balaban J connectivity index is 1.92. The highest BCUT2D eigenvalue weighted by Crippen LogP contribution is 2.27. The van der Waals surface area contributed by atoms with Crippen LogP contribution in [0.1, 0.15) is 19.4 Å². The van der Waals surface area contributed by atoms with Crippen molar-refractivity contribution in [1.29, 1.82) is 0 Å². The van der Waals surface area contributed by atoms with Crippen LogP contribution in [-0.4, -0.2) is 4.98 Å². The third kappa shape index (κ3) is 2.32. The largest absolute Gasteiger partial charge is 0.424 e. The molecular weight excluding hydrogens is 236 g/mol. The van der Waals surface area contributed by atoms with Crippen LogP contribution in [0.4, 0.5) is 6.01 Å². The quantitative estimate of drug-likeness (QED) is 0.760. The van der Waals surface area contributed by atoms with Crippen molar-refractivity contribution in [2.45, 2.75) is 19.4 Å². The molecule has 0 saturated heterocycles. The summed E-state index contributed by atoms with van der Waals surface area (Å²) in [6.45, 7) is 4.22. The molecule has 3 nitrogen and oxygen atoms in total. The molecule has 0 fully saturated rings. The predicted octanol–water partition coefficient (Wildman–Crippen LogP) is 4.18. The van der Waals surface area contributed by atoms with E-state index in [-0.39, 0.29) is 5.54 Å². The van der Waals surface area contributed by atoms with E-state index in [0.717, 1.165) is 11.1 Å². The summed E-state index contributed by atoms with van der Waals surface area (Å²) in [5, 5.41) is 3.35. The Kier molecular flexibility index (Phi) is 2.75. The molecule has 0 aliphatic rings. The van der Waals surface area contributed by atoms with Gasteiger partial charge in [0.15, 0.2) is 5.58 Å². The number of hydrogen-bond acceptors (Lipinski definition) is 3.